The zero-order valence-corrected chi connectivity index (χ0v) is 19.8. The van der Waals surface area contributed by atoms with Crippen molar-refractivity contribution in [1.82, 2.24) is 0 Å². The van der Waals surface area contributed by atoms with E-state index in [1.165, 1.54) is 48.6 Å². The third-order valence-electron chi connectivity index (χ3n) is 5.83. The lowest BCUT2D eigenvalue weighted by molar-refractivity contribution is -0.203. The molecule has 3 rings (SSSR count). The Morgan fingerprint density at radius 1 is 0.842 bits per heavy atom. The van der Waals surface area contributed by atoms with Crippen LogP contribution in [-0.4, -0.2) is 77.6 Å². The van der Waals surface area contributed by atoms with Crippen molar-refractivity contribution in [3.8, 4) is 23.0 Å². The highest BCUT2D eigenvalue weighted by molar-refractivity contribution is 5.87. The van der Waals surface area contributed by atoms with Gasteiger partial charge in [-0.25, -0.2) is 14.4 Å². The number of aliphatic carboxylic acids is 1. The van der Waals surface area contributed by atoms with Crippen LogP contribution < -0.4 is 0 Å². The number of allylic oxidation sites excluding steroid dienone is 1. The van der Waals surface area contributed by atoms with Crippen LogP contribution in [0.25, 0.3) is 6.08 Å². The van der Waals surface area contributed by atoms with E-state index in [2.05, 4.69) is 0 Å². The number of rotatable bonds is 8. The zero-order valence-electron chi connectivity index (χ0n) is 19.8. The molecule has 0 unspecified atom stereocenters. The molecule has 1 saturated carbocycles. The van der Waals surface area contributed by atoms with E-state index in [-0.39, 0.29) is 23.7 Å². The van der Waals surface area contributed by atoms with Crippen molar-refractivity contribution in [3.63, 3.8) is 0 Å². The molecule has 12 heteroatoms. The maximum atomic E-state index is 12.3. The first kappa shape index (κ1) is 28.0. The van der Waals surface area contributed by atoms with Crippen LogP contribution in [0.4, 0.5) is 0 Å². The molecule has 1 aliphatic rings. The van der Waals surface area contributed by atoms with Crippen LogP contribution in [0, 0.1) is 0 Å². The first-order chi connectivity index (χ1) is 17.9. The third kappa shape index (κ3) is 7.02. The highest BCUT2D eigenvalue weighted by Crippen LogP contribution is 2.33. The van der Waals surface area contributed by atoms with Crippen molar-refractivity contribution in [2.24, 2.45) is 0 Å². The number of aliphatic hydroxyl groups is 2. The van der Waals surface area contributed by atoms with E-state index in [1.54, 1.807) is 0 Å². The van der Waals surface area contributed by atoms with Crippen LogP contribution in [-0.2, 0) is 30.3 Å². The van der Waals surface area contributed by atoms with Crippen LogP contribution in [0.3, 0.4) is 0 Å². The molecule has 0 saturated heterocycles. The number of benzene rings is 2. The Balaban J connectivity index is 1.66. The van der Waals surface area contributed by atoms with Gasteiger partial charge in [-0.1, -0.05) is 18.2 Å². The number of hydrogen-bond donors (Lipinski definition) is 7. The lowest BCUT2D eigenvalue weighted by atomic mass is 9.79. The summed E-state index contributed by atoms with van der Waals surface area (Å²) in [6.45, 7) is 0. The molecule has 4 atom stereocenters. The number of carbonyl (C=O) groups is 3. The molecular formula is C26H26O12. The fraction of sp³-hybridized carbons (Fsp3) is 0.269. The van der Waals surface area contributed by atoms with Crippen molar-refractivity contribution in [2.45, 2.75) is 43.2 Å². The zero-order chi connectivity index (χ0) is 28.0. The summed E-state index contributed by atoms with van der Waals surface area (Å²) < 4.78 is 10.3. The Bertz CT molecular complexity index is 1270. The van der Waals surface area contributed by atoms with Gasteiger partial charge in [-0.3, -0.25) is 0 Å². The SMILES string of the molecule is O=C(/C=C/Cc1ccc(O)c(O)c1)O[C@@H]1C[C@](O)(C(=O)O)C[C@@H](OC(=O)/C=C/c2ccc(O)c(O)c2)[C@H]1O. The Morgan fingerprint density at radius 3 is 1.95 bits per heavy atom. The molecule has 38 heavy (non-hydrogen) atoms. The molecule has 12 nitrogen and oxygen atoms in total. The second-order valence-electron chi connectivity index (χ2n) is 8.70. The molecule has 202 valence electrons. The van der Waals surface area contributed by atoms with Crippen LogP contribution in [0.1, 0.15) is 24.0 Å². The summed E-state index contributed by atoms with van der Waals surface area (Å²) in [5.74, 6) is -5.08. The van der Waals surface area contributed by atoms with E-state index < -0.39 is 60.4 Å². The minimum Gasteiger partial charge on any atom is -0.504 e. The van der Waals surface area contributed by atoms with Crippen LogP contribution in [0.15, 0.2) is 54.6 Å². The van der Waals surface area contributed by atoms with Crippen molar-refractivity contribution in [3.05, 3.63) is 65.8 Å². The van der Waals surface area contributed by atoms with Crippen LogP contribution >= 0.6 is 0 Å². The summed E-state index contributed by atoms with van der Waals surface area (Å²) in [6, 6.07) is 7.84. The van der Waals surface area contributed by atoms with Gasteiger partial charge < -0.3 is 45.2 Å². The molecule has 0 aromatic heterocycles. The maximum Gasteiger partial charge on any atom is 0.335 e. The van der Waals surface area contributed by atoms with E-state index in [0.29, 0.717) is 11.1 Å². The van der Waals surface area contributed by atoms with Gasteiger partial charge in [0, 0.05) is 25.0 Å². The minimum absolute atomic E-state index is 0.167. The second kappa shape index (κ2) is 11.7. The number of phenolic OH excluding ortho intramolecular Hbond substituents is 4. The normalized spacial score (nSPS) is 23.4. The molecular weight excluding hydrogens is 504 g/mol. The van der Waals surface area contributed by atoms with Crippen molar-refractivity contribution in [2.75, 3.05) is 0 Å². The number of ether oxygens (including phenoxy) is 2. The predicted octanol–water partition coefficient (Wildman–Crippen LogP) is 1.12. The van der Waals surface area contributed by atoms with Gasteiger partial charge in [-0.15, -0.1) is 0 Å². The first-order valence-corrected chi connectivity index (χ1v) is 11.3. The van der Waals surface area contributed by atoms with E-state index in [4.69, 9.17) is 9.47 Å². The molecule has 0 aliphatic heterocycles. The van der Waals surface area contributed by atoms with Gasteiger partial charge >= 0.3 is 17.9 Å². The summed E-state index contributed by atoms with van der Waals surface area (Å²) in [7, 11) is 0. The van der Waals surface area contributed by atoms with Crippen LogP contribution in [0.5, 0.6) is 23.0 Å². The molecule has 1 fully saturated rings. The Kier molecular flexibility index (Phi) is 8.61. The predicted molar refractivity (Wildman–Crippen MR) is 129 cm³/mol. The van der Waals surface area contributed by atoms with Crippen molar-refractivity contribution in [1.29, 1.82) is 0 Å². The number of phenols is 4. The highest BCUT2D eigenvalue weighted by atomic mass is 16.6. The average Bonchev–Trinajstić information content (AvgIpc) is 2.85. The second-order valence-corrected chi connectivity index (χ2v) is 8.70. The van der Waals surface area contributed by atoms with E-state index in [0.717, 1.165) is 12.2 Å². The summed E-state index contributed by atoms with van der Waals surface area (Å²) in [4.78, 5) is 36.3. The molecule has 0 bridgehead atoms. The summed E-state index contributed by atoms with van der Waals surface area (Å²) in [6.07, 6.45) is -1.36. The highest BCUT2D eigenvalue weighted by Gasteiger charge is 2.52. The van der Waals surface area contributed by atoms with Gasteiger partial charge in [0.15, 0.2) is 28.6 Å². The number of carboxylic acids is 1. The number of carboxylic acid groups (broad SMARTS) is 1. The van der Waals surface area contributed by atoms with Gasteiger partial charge in [-0.2, -0.15) is 0 Å². The molecule has 0 heterocycles. The third-order valence-corrected chi connectivity index (χ3v) is 5.83. The molecule has 0 spiro atoms. The standard InChI is InChI=1S/C26H26O12/c27-16-7-4-14(10-18(16)29)2-1-3-22(31)37-20-12-26(36,25(34)35)13-21(24(20)33)38-23(32)9-6-15-5-8-17(28)19(30)11-15/h1,3-11,20-21,24,27-30,33,36H,2,12-13H2,(H,34,35)/b3-1+,9-6+/t20-,21-,24+,26-/m1/s1. The summed E-state index contributed by atoms with van der Waals surface area (Å²) in [5, 5.41) is 68.4. The first-order valence-electron chi connectivity index (χ1n) is 11.3. The molecule has 2 aromatic carbocycles. The Hall–Kier alpha value is -4.55. The Labute approximate surface area is 215 Å². The fourth-order valence-corrected chi connectivity index (χ4v) is 3.80. The maximum absolute atomic E-state index is 12.3. The quantitative estimate of drug-likeness (QED) is 0.145. The van der Waals surface area contributed by atoms with E-state index >= 15 is 0 Å². The minimum atomic E-state index is -2.46. The van der Waals surface area contributed by atoms with Gasteiger partial charge in [0.05, 0.1) is 0 Å². The Morgan fingerprint density at radius 2 is 1.39 bits per heavy atom. The number of hydrogen-bond acceptors (Lipinski definition) is 11. The monoisotopic (exact) mass is 530 g/mol. The molecule has 1 aliphatic carbocycles. The van der Waals surface area contributed by atoms with Gasteiger partial charge in [0.2, 0.25) is 0 Å². The fourth-order valence-electron chi connectivity index (χ4n) is 3.80. The lowest BCUT2D eigenvalue weighted by Crippen LogP contribution is -2.58. The molecule has 2 aromatic rings. The largest absolute Gasteiger partial charge is 0.504 e. The van der Waals surface area contributed by atoms with Gasteiger partial charge in [-0.05, 0) is 47.9 Å². The van der Waals surface area contributed by atoms with E-state index in [9.17, 15) is 50.1 Å². The van der Waals surface area contributed by atoms with Crippen LogP contribution in [0.2, 0.25) is 0 Å². The molecule has 7 N–H and O–H groups in total. The number of carbonyl (C=O) groups excluding carboxylic acids is 2. The average molecular weight is 530 g/mol. The molecule has 0 amide bonds. The van der Waals surface area contributed by atoms with Gasteiger partial charge in [0.25, 0.3) is 0 Å². The lowest BCUT2D eigenvalue weighted by Gasteiger charge is -2.40. The number of esters is 2. The summed E-state index contributed by atoms with van der Waals surface area (Å²) >= 11 is 0. The smallest absolute Gasteiger partial charge is 0.335 e. The van der Waals surface area contributed by atoms with Crippen molar-refractivity contribution < 1.29 is 59.6 Å². The number of aliphatic hydroxyl groups excluding tert-OH is 1. The van der Waals surface area contributed by atoms with Gasteiger partial charge in [0.1, 0.15) is 18.3 Å². The molecule has 0 radical (unpaired) electrons. The number of aromatic hydroxyl groups is 4. The van der Waals surface area contributed by atoms with Crippen molar-refractivity contribution >= 4 is 24.0 Å². The van der Waals surface area contributed by atoms with E-state index in [1.807, 2.05) is 0 Å². The summed E-state index contributed by atoms with van der Waals surface area (Å²) in [5.41, 5.74) is -1.58. The topological polar surface area (TPSA) is 211 Å².